The number of benzene rings is 8. The van der Waals surface area contributed by atoms with E-state index in [1.54, 1.807) is 11.8 Å². The van der Waals surface area contributed by atoms with Crippen LogP contribution < -0.4 is 0 Å². The third kappa shape index (κ3) is 4.78. The zero-order valence-corrected chi connectivity index (χ0v) is 31.0. The highest BCUT2D eigenvalue weighted by Gasteiger charge is 2.51. The molecule has 3 nitrogen and oxygen atoms in total. The van der Waals surface area contributed by atoms with Gasteiger partial charge in [0.25, 0.3) is 0 Å². The number of rotatable bonds is 4. The Bertz CT molecular complexity index is 3040. The van der Waals surface area contributed by atoms with Crippen molar-refractivity contribution in [1.29, 1.82) is 5.26 Å². The monoisotopic (exact) mass is 729 g/mol. The molecule has 1 aliphatic heterocycles. The summed E-state index contributed by atoms with van der Waals surface area (Å²) < 4.78 is 0. The molecule has 0 atom stereocenters. The Morgan fingerprint density at radius 3 is 1.73 bits per heavy atom. The van der Waals surface area contributed by atoms with Crippen LogP contribution in [-0.2, 0) is 5.41 Å². The first-order valence-corrected chi connectivity index (χ1v) is 19.6. The van der Waals surface area contributed by atoms with Gasteiger partial charge < -0.3 is 0 Å². The van der Waals surface area contributed by atoms with E-state index < -0.39 is 5.41 Å². The van der Waals surface area contributed by atoms with E-state index in [4.69, 9.17) is 9.97 Å². The van der Waals surface area contributed by atoms with Crippen LogP contribution in [0.5, 0.6) is 0 Å². The maximum absolute atomic E-state index is 9.92. The number of aromatic nitrogens is 2. The van der Waals surface area contributed by atoms with E-state index in [1.807, 2.05) is 24.3 Å². The SMILES string of the molecule is N#Cc1cccc(-c2cccc3c2Sc2c(-c4nc(-c5ccccc5)cc(-c5cccc6ccccc56)n4)cccc2C32c3ccccc3-c3ccccc32)c1. The van der Waals surface area contributed by atoms with Crippen LogP contribution in [0.2, 0.25) is 0 Å². The first-order valence-electron chi connectivity index (χ1n) is 18.8. The van der Waals surface area contributed by atoms with Crippen LogP contribution >= 0.6 is 11.8 Å². The fourth-order valence-corrected chi connectivity index (χ4v) is 10.4. The average molecular weight is 730 g/mol. The summed E-state index contributed by atoms with van der Waals surface area (Å²) in [7, 11) is 0. The van der Waals surface area contributed by atoms with Crippen molar-refractivity contribution >= 4 is 22.5 Å². The molecule has 0 saturated carbocycles. The predicted octanol–water partition coefficient (Wildman–Crippen LogP) is 13.0. The van der Waals surface area contributed by atoms with Gasteiger partial charge in [0.1, 0.15) is 0 Å². The molecule has 1 aromatic heterocycles. The topological polar surface area (TPSA) is 49.6 Å². The Morgan fingerprint density at radius 2 is 0.964 bits per heavy atom. The molecule has 1 aliphatic carbocycles. The highest BCUT2D eigenvalue weighted by atomic mass is 32.2. The van der Waals surface area contributed by atoms with Crippen molar-refractivity contribution in [1.82, 2.24) is 9.97 Å². The normalized spacial score (nSPS) is 13.1. The van der Waals surface area contributed by atoms with Gasteiger partial charge in [0.15, 0.2) is 5.82 Å². The standard InChI is InChI=1S/C52H31N3S/c53-32-33-14-10-19-36(30-33)38-23-12-28-45-49(38)56-50-42(25-13-29-46(50)52(45)43-26-8-6-21-39(43)40-22-7-9-27-44(40)52)51-54-47(35-16-2-1-3-17-35)31-48(55-51)41-24-11-18-34-15-4-5-20-37(34)41/h1-31H. The van der Waals surface area contributed by atoms with Crippen LogP contribution in [0.4, 0.5) is 0 Å². The first-order chi connectivity index (χ1) is 27.7. The lowest BCUT2D eigenvalue weighted by Gasteiger charge is -2.41. The van der Waals surface area contributed by atoms with Gasteiger partial charge in [-0.3, -0.25) is 0 Å². The van der Waals surface area contributed by atoms with Gasteiger partial charge in [0, 0.05) is 26.5 Å². The van der Waals surface area contributed by atoms with Crippen molar-refractivity contribution in [2.75, 3.05) is 0 Å². The summed E-state index contributed by atoms with van der Waals surface area (Å²) in [6, 6.07) is 68.9. The third-order valence-electron chi connectivity index (χ3n) is 11.4. The summed E-state index contributed by atoms with van der Waals surface area (Å²) in [5.41, 5.74) is 14.5. The van der Waals surface area contributed by atoms with Crippen molar-refractivity contribution < 1.29 is 0 Å². The van der Waals surface area contributed by atoms with Gasteiger partial charge in [-0.1, -0.05) is 182 Å². The molecule has 0 N–H and O–H groups in total. The van der Waals surface area contributed by atoms with Gasteiger partial charge in [-0.15, -0.1) is 0 Å². The lowest BCUT2D eigenvalue weighted by atomic mass is 9.66. The van der Waals surface area contributed by atoms with E-state index in [-0.39, 0.29) is 0 Å². The van der Waals surface area contributed by atoms with Gasteiger partial charge >= 0.3 is 0 Å². The third-order valence-corrected chi connectivity index (χ3v) is 12.7. The highest BCUT2D eigenvalue weighted by Crippen LogP contribution is 2.64. The van der Waals surface area contributed by atoms with E-state index in [9.17, 15) is 5.26 Å². The lowest BCUT2D eigenvalue weighted by Crippen LogP contribution is -2.32. The Kier molecular flexibility index (Phi) is 7.38. The molecule has 0 fully saturated rings. The quantitative estimate of drug-likeness (QED) is 0.181. The molecule has 56 heavy (non-hydrogen) atoms. The number of nitrogens with zero attached hydrogens (tertiary/aromatic N) is 3. The summed E-state index contributed by atoms with van der Waals surface area (Å²) in [5, 5.41) is 12.2. The van der Waals surface area contributed by atoms with Crippen molar-refractivity contribution in [2.45, 2.75) is 15.2 Å². The van der Waals surface area contributed by atoms with E-state index >= 15 is 0 Å². The summed E-state index contributed by atoms with van der Waals surface area (Å²) >= 11 is 1.79. The molecule has 0 bridgehead atoms. The maximum Gasteiger partial charge on any atom is 0.161 e. The molecule has 8 aromatic carbocycles. The second-order valence-electron chi connectivity index (χ2n) is 14.4. The summed E-state index contributed by atoms with van der Waals surface area (Å²) in [6.07, 6.45) is 0. The van der Waals surface area contributed by atoms with Crippen LogP contribution in [0.3, 0.4) is 0 Å². The maximum atomic E-state index is 9.92. The minimum atomic E-state index is -0.600. The molecule has 4 heteroatoms. The molecule has 2 aliphatic rings. The molecule has 0 amide bonds. The molecular weight excluding hydrogens is 699 g/mol. The van der Waals surface area contributed by atoms with Crippen molar-refractivity contribution in [2.24, 2.45) is 0 Å². The molecule has 0 saturated heterocycles. The van der Waals surface area contributed by atoms with Crippen LogP contribution in [0.1, 0.15) is 27.8 Å². The summed E-state index contributed by atoms with van der Waals surface area (Å²) in [5.74, 6) is 0.681. The van der Waals surface area contributed by atoms with Crippen LogP contribution in [0.15, 0.2) is 198 Å². The highest BCUT2D eigenvalue weighted by molar-refractivity contribution is 7.99. The minimum Gasteiger partial charge on any atom is -0.228 e. The smallest absolute Gasteiger partial charge is 0.161 e. The second kappa shape index (κ2) is 12.8. The predicted molar refractivity (Wildman–Crippen MR) is 227 cm³/mol. The number of hydrogen-bond donors (Lipinski definition) is 0. The molecule has 0 unspecified atom stereocenters. The van der Waals surface area contributed by atoms with E-state index in [1.165, 1.54) is 43.7 Å². The summed E-state index contributed by atoms with van der Waals surface area (Å²) in [6.45, 7) is 0. The van der Waals surface area contributed by atoms with Crippen LogP contribution in [0.25, 0.3) is 66.9 Å². The van der Waals surface area contributed by atoms with Crippen LogP contribution in [-0.4, -0.2) is 9.97 Å². The second-order valence-corrected chi connectivity index (χ2v) is 15.4. The fourth-order valence-electron chi connectivity index (χ4n) is 9.02. The fraction of sp³-hybridized carbons (Fsp3) is 0.0192. The van der Waals surface area contributed by atoms with Crippen molar-refractivity contribution in [3.8, 4) is 62.2 Å². The Labute approximate surface area is 329 Å². The van der Waals surface area contributed by atoms with Gasteiger partial charge in [-0.2, -0.15) is 5.26 Å². The average Bonchev–Trinajstić information content (AvgIpc) is 3.56. The molecule has 2 heterocycles. The Hall–Kier alpha value is -7.06. The first kappa shape index (κ1) is 32.4. The van der Waals surface area contributed by atoms with Gasteiger partial charge in [-0.25, -0.2) is 9.97 Å². The van der Waals surface area contributed by atoms with Crippen LogP contribution in [0, 0.1) is 11.3 Å². The Balaban J connectivity index is 1.23. The molecule has 9 aromatic rings. The summed E-state index contributed by atoms with van der Waals surface area (Å²) in [4.78, 5) is 13.1. The number of nitriles is 1. The number of fused-ring (bicyclic) bond motifs is 10. The van der Waals surface area contributed by atoms with Gasteiger partial charge in [0.05, 0.1) is 28.4 Å². The lowest BCUT2D eigenvalue weighted by molar-refractivity contribution is 0.723. The molecule has 11 rings (SSSR count). The van der Waals surface area contributed by atoms with E-state index in [0.717, 1.165) is 49.5 Å². The molecule has 1 spiro atoms. The Morgan fingerprint density at radius 1 is 0.429 bits per heavy atom. The number of hydrogen-bond acceptors (Lipinski definition) is 4. The molecule has 260 valence electrons. The van der Waals surface area contributed by atoms with Gasteiger partial charge in [0.2, 0.25) is 0 Å². The van der Waals surface area contributed by atoms with E-state index in [0.29, 0.717) is 11.4 Å². The molecule has 0 radical (unpaired) electrons. The zero-order valence-electron chi connectivity index (χ0n) is 30.1. The van der Waals surface area contributed by atoms with Crippen molar-refractivity contribution in [3.05, 3.63) is 216 Å². The zero-order chi connectivity index (χ0) is 37.2. The molecular formula is C52H31N3S. The van der Waals surface area contributed by atoms with Gasteiger partial charge in [-0.05, 0) is 73.5 Å². The van der Waals surface area contributed by atoms with E-state index in [2.05, 4.69) is 170 Å². The minimum absolute atomic E-state index is 0.600. The van der Waals surface area contributed by atoms with Crippen molar-refractivity contribution in [3.63, 3.8) is 0 Å². The largest absolute Gasteiger partial charge is 0.228 e.